The summed E-state index contributed by atoms with van der Waals surface area (Å²) >= 11 is 0. The Balaban J connectivity index is 3.54. The highest BCUT2D eigenvalue weighted by Crippen LogP contribution is 2.09. The topological polar surface area (TPSA) is 93.8 Å². The van der Waals surface area contributed by atoms with Crippen LogP contribution in [0.25, 0.3) is 0 Å². The standard InChI is InChI=1S/C16H30N2O4/c1-2-3-4-8-15(19)9-7-11-18(14-17)10-5-6-12-22-13-16(20)21/h15,19H,2-13H2,1H3,(H,20,21). The second-order valence-electron chi connectivity index (χ2n) is 5.53. The maximum Gasteiger partial charge on any atom is 0.329 e. The third-order valence-corrected chi connectivity index (χ3v) is 3.44. The van der Waals surface area contributed by atoms with Gasteiger partial charge in [0.15, 0.2) is 6.19 Å². The van der Waals surface area contributed by atoms with Crippen molar-refractivity contribution in [1.29, 1.82) is 5.26 Å². The smallest absolute Gasteiger partial charge is 0.329 e. The van der Waals surface area contributed by atoms with Crippen molar-refractivity contribution in [3.63, 3.8) is 0 Å². The highest BCUT2D eigenvalue weighted by Gasteiger charge is 2.06. The van der Waals surface area contributed by atoms with Crippen LogP contribution in [0.2, 0.25) is 0 Å². The summed E-state index contributed by atoms with van der Waals surface area (Å²) in [5.41, 5.74) is 0. The number of carbonyl (C=O) groups is 1. The molecule has 0 spiro atoms. The molecule has 0 fully saturated rings. The van der Waals surface area contributed by atoms with Crippen LogP contribution in [0.3, 0.4) is 0 Å². The lowest BCUT2D eigenvalue weighted by Crippen LogP contribution is -2.22. The van der Waals surface area contributed by atoms with Gasteiger partial charge in [0.05, 0.1) is 6.10 Å². The van der Waals surface area contributed by atoms with Gasteiger partial charge >= 0.3 is 5.97 Å². The minimum atomic E-state index is -0.962. The number of hydrogen-bond donors (Lipinski definition) is 2. The first-order valence-electron chi connectivity index (χ1n) is 8.22. The summed E-state index contributed by atoms with van der Waals surface area (Å²) < 4.78 is 4.94. The van der Waals surface area contributed by atoms with Crippen molar-refractivity contribution < 1.29 is 19.7 Å². The summed E-state index contributed by atoms with van der Waals surface area (Å²) in [7, 11) is 0. The van der Waals surface area contributed by atoms with Gasteiger partial charge in [-0.2, -0.15) is 5.26 Å². The molecule has 0 bridgehead atoms. The van der Waals surface area contributed by atoms with E-state index in [4.69, 9.17) is 15.1 Å². The number of ether oxygens (including phenoxy) is 1. The molecule has 0 aliphatic heterocycles. The minimum absolute atomic E-state index is 0.253. The fourth-order valence-electron chi connectivity index (χ4n) is 2.17. The minimum Gasteiger partial charge on any atom is -0.480 e. The van der Waals surface area contributed by atoms with E-state index in [9.17, 15) is 9.90 Å². The molecule has 0 aromatic heterocycles. The molecule has 0 heterocycles. The van der Waals surface area contributed by atoms with Gasteiger partial charge in [-0.3, -0.25) is 0 Å². The van der Waals surface area contributed by atoms with E-state index < -0.39 is 5.97 Å². The third kappa shape index (κ3) is 13.7. The number of nitriles is 1. The van der Waals surface area contributed by atoms with Crippen LogP contribution < -0.4 is 0 Å². The number of unbranched alkanes of at least 4 members (excludes halogenated alkanes) is 3. The zero-order valence-corrected chi connectivity index (χ0v) is 13.7. The molecule has 0 rings (SSSR count). The van der Waals surface area contributed by atoms with Crippen molar-refractivity contribution in [2.75, 3.05) is 26.3 Å². The highest BCUT2D eigenvalue weighted by molar-refractivity contribution is 5.67. The van der Waals surface area contributed by atoms with E-state index in [0.717, 1.165) is 51.4 Å². The van der Waals surface area contributed by atoms with E-state index in [1.54, 1.807) is 4.90 Å². The Morgan fingerprint density at radius 3 is 2.50 bits per heavy atom. The summed E-state index contributed by atoms with van der Waals surface area (Å²) in [6.45, 7) is 3.60. The zero-order valence-electron chi connectivity index (χ0n) is 13.7. The number of rotatable bonds is 15. The Morgan fingerprint density at radius 2 is 1.86 bits per heavy atom. The quantitative estimate of drug-likeness (QED) is 0.274. The largest absolute Gasteiger partial charge is 0.480 e. The number of hydrogen-bond acceptors (Lipinski definition) is 5. The van der Waals surface area contributed by atoms with Crippen LogP contribution in [0.5, 0.6) is 0 Å². The van der Waals surface area contributed by atoms with E-state index in [2.05, 4.69) is 13.1 Å². The normalized spacial score (nSPS) is 11.9. The third-order valence-electron chi connectivity index (χ3n) is 3.44. The summed E-state index contributed by atoms with van der Waals surface area (Å²) in [5.74, 6) is -0.962. The molecule has 128 valence electrons. The molecule has 2 N–H and O–H groups in total. The van der Waals surface area contributed by atoms with Crippen LogP contribution in [-0.2, 0) is 9.53 Å². The van der Waals surface area contributed by atoms with Gasteiger partial charge in [-0.25, -0.2) is 4.79 Å². The van der Waals surface area contributed by atoms with E-state index in [1.165, 1.54) is 0 Å². The van der Waals surface area contributed by atoms with Crippen molar-refractivity contribution in [2.45, 2.75) is 64.4 Å². The van der Waals surface area contributed by atoms with E-state index in [0.29, 0.717) is 19.7 Å². The maximum absolute atomic E-state index is 10.2. The Labute approximate surface area is 133 Å². The molecule has 0 aliphatic carbocycles. The van der Waals surface area contributed by atoms with Crippen LogP contribution in [0.15, 0.2) is 0 Å². The van der Waals surface area contributed by atoms with Gasteiger partial charge in [0.1, 0.15) is 6.61 Å². The van der Waals surface area contributed by atoms with Gasteiger partial charge in [-0.05, 0) is 32.1 Å². The lowest BCUT2D eigenvalue weighted by Gasteiger charge is -2.16. The molecular weight excluding hydrogens is 284 g/mol. The summed E-state index contributed by atoms with van der Waals surface area (Å²) in [6, 6.07) is 0. The fraction of sp³-hybridized carbons (Fsp3) is 0.875. The predicted molar refractivity (Wildman–Crippen MR) is 84.3 cm³/mol. The van der Waals surface area contributed by atoms with Crippen molar-refractivity contribution in [3.8, 4) is 6.19 Å². The molecule has 6 nitrogen and oxygen atoms in total. The van der Waals surface area contributed by atoms with E-state index in [-0.39, 0.29) is 12.7 Å². The van der Waals surface area contributed by atoms with E-state index in [1.807, 2.05) is 0 Å². The molecule has 0 saturated carbocycles. The van der Waals surface area contributed by atoms with Crippen molar-refractivity contribution >= 4 is 5.97 Å². The Bertz CT molecular complexity index is 318. The van der Waals surface area contributed by atoms with Gasteiger partial charge in [0.25, 0.3) is 0 Å². The summed E-state index contributed by atoms with van der Waals surface area (Å²) in [6.07, 6.45) is 9.23. The Kier molecular flexibility index (Phi) is 13.7. The molecular formula is C16H30N2O4. The SMILES string of the molecule is CCCCCC(O)CCCN(C#N)CCCCOCC(=O)O. The first kappa shape index (κ1) is 20.7. The summed E-state index contributed by atoms with van der Waals surface area (Å²) in [4.78, 5) is 11.9. The average Bonchev–Trinajstić information content (AvgIpc) is 2.48. The van der Waals surface area contributed by atoms with Gasteiger partial charge in [-0.1, -0.05) is 26.2 Å². The van der Waals surface area contributed by atoms with Crippen LogP contribution in [0, 0.1) is 11.5 Å². The number of nitrogens with zero attached hydrogens (tertiary/aromatic N) is 2. The monoisotopic (exact) mass is 314 g/mol. The van der Waals surface area contributed by atoms with Crippen molar-refractivity contribution in [1.82, 2.24) is 4.90 Å². The maximum atomic E-state index is 10.2. The fourth-order valence-corrected chi connectivity index (χ4v) is 2.17. The highest BCUT2D eigenvalue weighted by atomic mass is 16.5. The number of aliphatic hydroxyl groups excluding tert-OH is 1. The van der Waals surface area contributed by atoms with Crippen LogP contribution >= 0.6 is 0 Å². The second-order valence-corrected chi connectivity index (χ2v) is 5.53. The number of aliphatic hydroxyl groups is 1. The molecule has 0 radical (unpaired) electrons. The van der Waals surface area contributed by atoms with Crippen LogP contribution in [-0.4, -0.2) is 53.5 Å². The van der Waals surface area contributed by atoms with Crippen LogP contribution in [0.4, 0.5) is 0 Å². The lowest BCUT2D eigenvalue weighted by molar-refractivity contribution is -0.142. The first-order valence-corrected chi connectivity index (χ1v) is 8.22. The molecule has 0 aromatic rings. The number of carboxylic acid groups (broad SMARTS) is 1. The number of carboxylic acids is 1. The Morgan fingerprint density at radius 1 is 1.18 bits per heavy atom. The molecule has 22 heavy (non-hydrogen) atoms. The van der Waals surface area contributed by atoms with Gasteiger partial charge in [-0.15, -0.1) is 0 Å². The zero-order chi connectivity index (χ0) is 16.6. The first-order chi connectivity index (χ1) is 10.6. The molecule has 6 heteroatoms. The molecule has 0 saturated heterocycles. The predicted octanol–water partition coefficient (Wildman–Crippen LogP) is 2.37. The number of aliphatic carboxylic acids is 1. The van der Waals surface area contributed by atoms with Gasteiger partial charge in [0.2, 0.25) is 0 Å². The van der Waals surface area contributed by atoms with Gasteiger partial charge in [0, 0.05) is 19.7 Å². The second kappa shape index (κ2) is 14.6. The molecule has 0 aliphatic rings. The molecule has 0 amide bonds. The molecule has 1 unspecified atom stereocenters. The van der Waals surface area contributed by atoms with Crippen LogP contribution in [0.1, 0.15) is 58.3 Å². The van der Waals surface area contributed by atoms with E-state index >= 15 is 0 Å². The molecule has 0 aromatic carbocycles. The van der Waals surface area contributed by atoms with Gasteiger partial charge < -0.3 is 19.8 Å². The Hall–Kier alpha value is -1.32. The van der Waals surface area contributed by atoms with Crippen molar-refractivity contribution in [2.24, 2.45) is 0 Å². The summed E-state index contributed by atoms with van der Waals surface area (Å²) in [5, 5.41) is 27.3. The molecule has 1 atom stereocenters. The average molecular weight is 314 g/mol. The lowest BCUT2D eigenvalue weighted by atomic mass is 10.1. The van der Waals surface area contributed by atoms with Crippen molar-refractivity contribution in [3.05, 3.63) is 0 Å².